The molecule has 7 nitrogen and oxygen atoms in total. The number of rotatable bonds is 10. The van der Waals surface area contributed by atoms with Crippen molar-refractivity contribution >= 4 is 39.1 Å². The summed E-state index contributed by atoms with van der Waals surface area (Å²) in [5.74, 6) is -1.59. The third-order valence-corrected chi connectivity index (χ3v) is 6.69. The van der Waals surface area contributed by atoms with Crippen LogP contribution >= 0.6 is 11.6 Å². The lowest BCUT2D eigenvalue weighted by molar-refractivity contribution is -0.139. The van der Waals surface area contributed by atoms with Crippen molar-refractivity contribution < 1.29 is 22.4 Å². The number of carbonyl (C=O) groups excluding carboxylic acids is 2. The van der Waals surface area contributed by atoms with Crippen molar-refractivity contribution in [2.24, 2.45) is 0 Å². The Morgan fingerprint density at radius 2 is 1.85 bits per heavy atom. The van der Waals surface area contributed by atoms with E-state index in [0.29, 0.717) is 18.0 Å². The average molecular weight is 498 g/mol. The average Bonchev–Trinajstić information content (AvgIpc) is 2.75. The third kappa shape index (κ3) is 7.17. The molecule has 2 amide bonds. The van der Waals surface area contributed by atoms with Gasteiger partial charge in [0.15, 0.2) is 0 Å². The summed E-state index contributed by atoms with van der Waals surface area (Å²) >= 11 is 6.16. The first kappa shape index (κ1) is 26.6. The second-order valence-electron chi connectivity index (χ2n) is 7.78. The molecule has 33 heavy (non-hydrogen) atoms. The maximum Gasteiger partial charge on any atom is 0.244 e. The van der Waals surface area contributed by atoms with Gasteiger partial charge in [0.25, 0.3) is 0 Å². The number of nitrogens with zero attached hydrogens (tertiary/aromatic N) is 2. The maximum atomic E-state index is 14.3. The van der Waals surface area contributed by atoms with Crippen molar-refractivity contribution in [1.82, 2.24) is 10.2 Å². The number of anilines is 1. The Bertz CT molecular complexity index is 1110. The van der Waals surface area contributed by atoms with Crippen molar-refractivity contribution in [2.75, 3.05) is 23.7 Å². The molecule has 2 rings (SSSR count). The van der Waals surface area contributed by atoms with Gasteiger partial charge in [-0.15, -0.1) is 0 Å². The van der Waals surface area contributed by atoms with Crippen LogP contribution in [-0.2, 0) is 26.2 Å². The number of aryl methyl sites for hydroxylation is 1. The molecule has 0 bridgehead atoms. The van der Waals surface area contributed by atoms with Crippen molar-refractivity contribution in [3.8, 4) is 0 Å². The fourth-order valence-electron chi connectivity index (χ4n) is 3.14. The molecule has 0 spiro atoms. The standard InChI is InChI=1S/C23H29ClFN3O4S/c1-5-12-26-23(30)17(3)27(14-18-8-6-7-9-21(18)25)22(29)15-28(33(4,31)32)19-11-10-16(2)20(24)13-19/h6-11,13,17H,5,12,14-15H2,1-4H3,(H,26,30). The number of carbonyl (C=O) groups is 2. The van der Waals surface area contributed by atoms with Crippen molar-refractivity contribution in [3.63, 3.8) is 0 Å². The first-order valence-corrected chi connectivity index (χ1v) is 12.7. The lowest BCUT2D eigenvalue weighted by Gasteiger charge is -2.31. The van der Waals surface area contributed by atoms with E-state index in [2.05, 4.69) is 5.32 Å². The molecule has 0 fully saturated rings. The van der Waals surface area contributed by atoms with Gasteiger partial charge in [-0.05, 0) is 44.0 Å². The number of nitrogens with one attached hydrogen (secondary N) is 1. The predicted octanol–water partition coefficient (Wildman–Crippen LogP) is 3.50. The van der Waals surface area contributed by atoms with Crippen LogP contribution < -0.4 is 9.62 Å². The topological polar surface area (TPSA) is 86.8 Å². The Morgan fingerprint density at radius 1 is 1.18 bits per heavy atom. The van der Waals surface area contributed by atoms with Crippen molar-refractivity contribution in [1.29, 1.82) is 0 Å². The number of amides is 2. The SMILES string of the molecule is CCCNC(=O)C(C)N(Cc1ccccc1F)C(=O)CN(c1ccc(C)c(Cl)c1)S(C)(=O)=O. The Labute approximate surface area is 199 Å². The highest BCUT2D eigenvalue weighted by atomic mass is 35.5. The van der Waals surface area contributed by atoms with Crippen LogP contribution in [0.1, 0.15) is 31.4 Å². The third-order valence-electron chi connectivity index (χ3n) is 5.14. The van der Waals surface area contributed by atoms with E-state index >= 15 is 0 Å². The second kappa shape index (κ2) is 11.5. The van der Waals surface area contributed by atoms with E-state index in [4.69, 9.17) is 11.6 Å². The number of hydrogen-bond donors (Lipinski definition) is 1. The van der Waals surface area contributed by atoms with Crippen LogP contribution in [0, 0.1) is 12.7 Å². The molecule has 0 radical (unpaired) electrons. The minimum Gasteiger partial charge on any atom is -0.354 e. The number of hydrogen-bond acceptors (Lipinski definition) is 4. The van der Waals surface area contributed by atoms with Crippen molar-refractivity contribution in [3.05, 3.63) is 64.4 Å². The molecule has 1 unspecified atom stereocenters. The van der Waals surface area contributed by atoms with Gasteiger partial charge in [0.05, 0.1) is 11.9 Å². The summed E-state index contributed by atoms with van der Waals surface area (Å²) in [6, 6.07) is 9.63. The fraction of sp³-hybridized carbons (Fsp3) is 0.391. The Balaban J connectivity index is 2.40. The summed E-state index contributed by atoms with van der Waals surface area (Å²) in [5, 5.41) is 3.07. The molecule has 1 N–H and O–H groups in total. The van der Waals surface area contributed by atoms with Crippen LogP contribution in [0.5, 0.6) is 0 Å². The highest BCUT2D eigenvalue weighted by molar-refractivity contribution is 7.92. The van der Waals surface area contributed by atoms with Gasteiger partial charge in [0, 0.05) is 23.7 Å². The molecule has 0 aliphatic rings. The van der Waals surface area contributed by atoms with Gasteiger partial charge >= 0.3 is 0 Å². The summed E-state index contributed by atoms with van der Waals surface area (Å²) < 4.78 is 40.3. The molecule has 0 saturated carbocycles. The maximum absolute atomic E-state index is 14.3. The van der Waals surface area contributed by atoms with Crippen LogP contribution in [0.4, 0.5) is 10.1 Å². The lowest BCUT2D eigenvalue weighted by atomic mass is 10.1. The Kier molecular flexibility index (Phi) is 9.25. The quantitative estimate of drug-likeness (QED) is 0.544. The van der Waals surface area contributed by atoms with E-state index in [9.17, 15) is 22.4 Å². The van der Waals surface area contributed by atoms with Crippen LogP contribution in [0.3, 0.4) is 0 Å². The van der Waals surface area contributed by atoms with Gasteiger partial charge in [0.2, 0.25) is 21.8 Å². The van der Waals surface area contributed by atoms with E-state index in [1.54, 1.807) is 25.1 Å². The van der Waals surface area contributed by atoms with Gasteiger partial charge in [0.1, 0.15) is 18.4 Å². The summed E-state index contributed by atoms with van der Waals surface area (Å²) in [7, 11) is -3.86. The molecule has 2 aromatic rings. The fourth-order valence-corrected chi connectivity index (χ4v) is 4.16. The molecule has 0 aromatic heterocycles. The minimum absolute atomic E-state index is 0.196. The summed E-state index contributed by atoms with van der Waals surface area (Å²) in [6.45, 7) is 4.84. The van der Waals surface area contributed by atoms with Crippen LogP contribution in [0.2, 0.25) is 5.02 Å². The zero-order chi connectivity index (χ0) is 24.8. The monoisotopic (exact) mass is 497 g/mol. The predicted molar refractivity (Wildman–Crippen MR) is 128 cm³/mol. The van der Waals surface area contributed by atoms with Crippen LogP contribution in [0.25, 0.3) is 0 Å². The Morgan fingerprint density at radius 3 is 2.42 bits per heavy atom. The van der Waals surface area contributed by atoms with Gasteiger partial charge < -0.3 is 10.2 Å². The van der Waals surface area contributed by atoms with Crippen LogP contribution in [0.15, 0.2) is 42.5 Å². The molecular weight excluding hydrogens is 469 g/mol. The molecule has 10 heteroatoms. The lowest BCUT2D eigenvalue weighted by Crippen LogP contribution is -2.51. The van der Waals surface area contributed by atoms with E-state index in [1.165, 1.54) is 36.1 Å². The molecule has 1 atom stereocenters. The molecular formula is C23H29ClFN3O4S. The van der Waals surface area contributed by atoms with E-state index in [1.807, 2.05) is 6.92 Å². The number of benzene rings is 2. The first-order chi connectivity index (χ1) is 15.5. The van der Waals surface area contributed by atoms with Gasteiger partial charge in [-0.3, -0.25) is 13.9 Å². The van der Waals surface area contributed by atoms with E-state index in [-0.39, 0.29) is 17.8 Å². The zero-order valence-electron chi connectivity index (χ0n) is 19.1. The molecule has 0 aliphatic heterocycles. The number of halogens is 2. The van der Waals surface area contributed by atoms with Crippen LogP contribution in [-0.4, -0.2) is 50.5 Å². The van der Waals surface area contributed by atoms with Gasteiger partial charge in [-0.1, -0.05) is 42.8 Å². The largest absolute Gasteiger partial charge is 0.354 e. The summed E-state index contributed by atoms with van der Waals surface area (Å²) in [5.41, 5.74) is 1.18. The second-order valence-corrected chi connectivity index (χ2v) is 10.1. The molecule has 0 heterocycles. The van der Waals surface area contributed by atoms with Gasteiger partial charge in [-0.2, -0.15) is 0 Å². The molecule has 0 aliphatic carbocycles. The molecule has 0 saturated heterocycles. The smallest absolute Gasteiger partial charge is 0.244 e. The minimum atomic E-state index is -3.86. The Hall–Kier alpha value is -2.65. The van der Waals surface area contributed by atoms with E-state index < -0.39 is 40.2 Å². The summed E-state index contributed by atoms with van der Waals surface area (Å²) in [4.78, 5) is 27.1. The van der Waals surface area contributed by atoms with Crippen molar-refractivity contribution in [2.45, 2.75) is 39.8 Å². The number of sulfonamides is 1. The zero-order valence-corrected chi connectivity index (χ0v) is 20.7. The highest BCUT2D eigenvalue weighted by Gasteiger charge is 2.30. The molecule has 180 valence electrons. The highest BCUT2D eigenvalue weighted by Crippen LogP contribution is 2.25. The normalized spacial score (nSPS) is 12.2. The first-order valence-electron chi connectivity index (χ1n) is 10.5. The van der Waals surface area contributed by atoms with E-state index in [0.717, 1.165) is 16.1 Å². The van der Waals surface area contributed by atoms with Gasteiger partial charge in [-0.25, -0.2) is 12.8 Å². The summed E-state index contributed by atoms with van der Waals surface area (Å²) in [6.07, 6.45) is 1.68. The molecule has 2 aromatic carbocycles.